The van der Waals surface area contributed by atoms with Crippen molar-refractivity contribution < 1.29 is 9.53 Å². The van der Waals surface area contributed by atoms with Crippen molar-refractivity contribution in [3.8, 4) is 16.9 Å². The van der Waals surface area contributed by atoms with Crippen molar-refractivity contribution in [3.63, 3.8) is 0 Å². The minimum Gasteiger partial charge on any atom is -0.496 e. The van der Waals surface area contributed by atoms with E-state index in [0.717, 1.165) is 21.9 Å². The molecule has 29 heavy (non-hydrogen) atoms. The van der Waals surface area contributed by atoms with Crippen LogP contribution in [0.25, 0.3) is 21.9 Å². The van der Waals surface area contributed by atoms with Gasteiger partial charge in [-0.2, -0.15) is 0 Å². The number of carbonyl (C=O) groups excluding carboxylic acids is 1. The predicted molar refractivity (Wildman–Crippen MR) is 118 cm³/mol. The third-order valence-electron chi connectivity index (χ3n) is 4.63. The molecular weight excluding hydrogens is 386 g/mol. The van der Waals surface area contributed by atoms with Gasteiger partial charge < -0.3 is 15.8 Å². The molecule has 4 rings (SSSR count). The molecule has 4 aromatic rings. The van der Waals surface area contributed by atoms with E-state index in [2.05, 4.69) is 10.3 Å². The molecule has 3 aromatic carbocycles. The molecule has 3 N–H and O–H groups in total. The number of nitrogen functional groups attached to an aromatic ring is 1. The average molecular weight is 404 g/mol. The van der Waals surface area contributed by atoms with Crippen molar-refractivity contribution in [2.24, 2.45) is 0 Å². The molecule has 0 atom stereocenters. The first kappa shape index (κ1) is 18.8. The molecular formula is C23H18ClN3O2. The molecule has 0 unspecified atom stereocenters. The predicted octanol–water partition coefficient (Wildman–Crippen LogP) is 5.40. The van der Waals surface area contributed by atoms with Crippen LogP contribution in [0.15, 0.2) is 72.8 Å². The lowest BCUT2D eigenvalue weighted by molar-refractivity contribution is 0.102. The maximum atomic E-state index is 12.4. The molecule has 0 aliphatic carbocycles. The molecule has 0 bridgehead atoms. The number of halogens is 1. The van der Waals surface area contributed by atoms with E-state index in [9.17, 15) is 4.79 Å². The Morgan fingerprint density at radius 3 is 2.31 bits per heavy atom. The fourth-order valence-electron chi connectivity index (χ4n) is 3.16. The van der Waals surface area contributed by atoms with Crippen LogP contribution in [0.4, 0.5) is 11.6 Å². The van der Waals surface area contributed by atoms with Crippen LogP contribution in [0.3, 0.4) is 0 Å². The molecule has 0 saturated carbocycles. The summed E-state index contributed by atoms with van der Waals surface area (Å²) in [5.41, 5.74) is 8.27. The van der Waals surface area contributed by atoms with Gasteiger partial charge in [0.25, 0.3) is 5.91 Å². The number of nitrogens with zero attached hydrogens (tertiary/aromatic N) is 1. The molecule has 1 heterocycles. The topological polar surface area (TPSA) is 77.2 Å². The highest BCUT2D eigenvalue weighted by molar-refractivity contribution is 6.30. The van der Waals surface area contributed by atoms with Crippen LogP contribution in [0.1, 0.15) is 10.4 Å². The lowest BCUT2D eigenvalue weighted by Gasteiger charge is -2.13. The second-order valence-corrected chi connectivity index (χ2v) is 6.93. The Bertz CT molecular complexity index is 1210. The number of benzene rings is 3. The van der Waals surface area contributed by atoms with Crippen molar-refractivity contribution in [1.29, 1.82) is 0 Å². The number of fused-ring (bicyclic) bond motifs is 1. The second kappa shape index (κ2) is 7.81. The molecule has 1 amide bonds. The summed E-state index contributed by atoms with van der Waals surface area (Å²) in [7, 11) is 1.62. The van der Waals surface area contributed by atoms with E-state index < -0.39 is 0 Å². The molecule has 0 aliphatic rings. The summed E-state index contributed by atoms with van der Waals surface area (Å²) >= 11 is 5.86. The molecule has 5 nitrogen and oxygen atoms in total. The Kier molecular flexibility index (Phi) is 5.06. The van der Waals surface area contributed by atoms with Crippen molar-refractivity contribution in [2.75, 3.05) is 18.2 Å². The first-order chi connectivity index (χ1) is 14.0. The number of aromatic nitrogens is 1. The first-order valence-electron chi connectivity index (χ1n) is 8.96. The van der Waals surface area contributed by atoms with Crippen molar-refractivity contribution in [2.45, 2.75) is 0 Å². The molecule has 144 valence electrons. The van der Waals surface area contributed by atoms with Crippen LogP contribution < -0.4 is 15.8 Å². The molecule has 1 aromatic heterocycles. The number of amides is 1. The molecule has 0 saturated heterocycles. The fourth-order valence-corrected chi connectivity index (χ4v) is 3.29. The number of pyridine rings is 1. The molecule has 0 aliphatic heterocycles. The number of hydrogen-bond acceptors (Lipinski definition) is 4. The molecule has 6 heteroatoms. The van der Waals surface area contributed by atoms with Gasteiger partial charge in [-0.05, 0) is 59.3 Å². The normalized spacial score (nSPS) is 10.7. The highest BCUT2D eigenvalue weighted by atomic mass is 35.5. The van der Waals surface area contributed by atoms with Gasteiger partial charge in [0.15, 0.2) is 0 Å². The van der Waals surface area contributed by atoms with Gasteiger partial charge in [-0.15, -0.1) is 0 Å². The number of methoxy groups -OCH3 is 1. The number of rotatable bonds is 4. The summed E-state index contributed by atoms with van der Waals surface area (Å²) in [6, 6.07) is 22.2. The summed E-state index contributed by atoms with van der Waals surface area (Å²) in [5.74, 6) is 1.08. The number of hydrogen-bond donors (Lipinski definition) is 2. The zero-order valence-corrected chi connectivity index (χ0v) is 16.4. The van der Waals surface area contributed by atoms with Crippen molar-refractivity contribution in [1.82, 2.24) is 4.98 Å². The average Bonchev–Trinajstić information content (AvgIpc) is 2.73. The maximum absolute atomic E-state index is 12.4. The SMILES string of the molecule is COc1cc2ccccc2cc1-c1ccc(NC(=O)c2ccc(Cl)cc2)nc1N. The molecule has 0 radical (unpaired) electrons. The van der Waals surface area contributed by atoms with E-state index in [4.69, 9.17) is 22.1 Å². The minimum atomic E-state index is -0.287. The summed E-state index contributed by atoms with van der Waals surface area (Å²) in [6.45, 7) is 0. The quantitative estimate of drug-likeness (QED) is 0.478. The van der Waals surface area contributed by atoms with Gasteiger partial charge in [0.1, 0.15) is 17.4 Å². The van der Waals surface area contributed by atoms with Gasteiger partial charge >= 0.3 is 0 Å². The Morgan fingerprint density at radius 1 is 0.966 bits per heavy atom. The number of carbonyl (C=O) groups is 1. The van der Waals surface area contributed by atoms with Crippen molar-refractivity contribution in [3.05, 3.63) is 83.4 Å². The van der Waals surface area contributed by atoms with Gasteiger partial charge in [-0.1, -0.05) is 35.9 Å². The van der Waals surface area contributed by atoms with E-state index in [1.165, 1.54) is 0 Å². The van der Waals surface area contributed by atoms with Crippen LogP contribution in [0.5, 0.6) is 5.75 Å². The first-order valence-corrected chi connectivity index (χ1v) is 9.33. The lowest BCUT2D eigenvalue weighted by Crippen LogP contribution is -2.13. The Balaban J connectivity index is 1.66. The Hall–Kier alpha value is -3.57. The van der Waals surface area contributed by atoms with Crippen LogP contribution in [-0.2, 0) is 0 Å². The van der Waals surface area contributed by atoms with Crippen LogP contribution >= 0.6 is 11.6 Å². The van der Waals surface area contributed by atoms with E-state index in [1.807, 2.05) is 42.5 Å². The summed E-state index contributed by atoms with van der Waals surface area (Å²) < 4.78 is 5.56. The molecule has 0 fully saturated rings. The van der Waals surface area contributed by atoms with E-state index in [1.54, 1.807) is 37.4 Å². The third kappa shape index (κ3) is 3.86. The van der Waals surface area contributed by atoms with Gasteiger partial charge in [0.2, 0.25) is 0 Å². The number of nitrogens with two attached hydrogens (primary N) is 1. The summed E-state index contributed by atoms with van der Waals surface area (Å²) in [4.78, 5) is 16.7. The monoisotopic (exact) mass is 403 g/mol. The minimum absolute atomic E-state index is 0.287. The van der Waals surface area contributed by atoms with Gasteiger partial charge in [0, 0.05) is 21.7 Å². The maximum Gasteiger partial charge on any atom is 0.256 e. The number of ether oxygens (including phenoxy) is 1. The third-order valence-corrected chi connectivity index (χ3v) is 4.88. The Labute approximate surface area is 173 Å². The molecule has 0 spiro atoms. The van der Waals surface area contributed by atoms with Crippen LogP contribution in [0, 0.1) is 0 Å². The van der Waals surface area contributed by atoms with Gasteiger partial charge in [-0.25, -0.2) is 4.98 Å². The zero-order chi connectivity index (χ0) is 20.4. The lowest BCUT2D eigenvalue weighted by atomic mass is 10.0. The smallest absolute Gasteiger partial charge is 0.256 e. The van der Waals surface area contributed by atoms with Crippen LogP contribution in [0.2, 0.25) is 5.02 Å². The largest absolute Gasteiger partial charge is 0.496 e. The van der Waals surface area contributed by atoms with E-state index in [0.29, 0.717) is 28.0 Å². The zero-order valence-electron chi connectivity index (χ0n) is 15.6. The van der Waals surface area contributed by atoms with Crippen LogP contribution in [-0.4, -0.2) is 18.0 Å². The van der Waals surface area contributed by atoms with E-state index in [-0.39, 0.29) is 5.91 Å². The summed E-state index contributed by atoms with van der Waals surface area (Å²) in [6.07, 6.45) is 0. The summed E-state index contributed by atoms with van der Waals surface area (Å²) in [5, 5.41) is 5.47. The fraction of sp³-hybridized carbons (Fsp3) is 0.0435. The standard InChI is InChI=1S/C23H18ClN3O2/c1-29-20-13-16-5-3-2-4-15(16)12-19(20)18-10-11-21(26-22(18)25)27-23(28)14-6-8-17(24)9-7-14/h2-13H,1H3,(H3,25,26,27,28). The Morgan fingerprint density at radius 2 is 1.66 bits per heavy atom. The van der Waals surface area contributed by atoms with E-state index >= 15 is 0 Å². The van der Waals surface area contributed by atoms with Gasteiger partial charge in [0.05, 0.1) is 7.11 Å². The number of anilines is 2. The number of nitrogens with one attached hydrogen (secondary N) is 1. The van der Waals surface area contributed by atoms with Crippen molar-refractivity contribution >= 4 is 39.9 Å². The highest BCUT2D eigenvalue weighted by Crippen LogP contribution is 2.37. The van der Waals surface area contributed by atoms with Gasteiger partial charge in [-0.3, -0.25) is 4.79 Å². The second-order valence-electron chi connectivity index (χ2n) is 6.49. The highest BCUT2D eigenvalue weighted by Gasteiger charge is 2.14.